The summed E-state index contributed by atoms with van der Waals surface area (Å²) >= 11 is 0. The molecule has 0 amide bonds. The largest absolute Gasteiger partial charge is 0.486 e. The van der Waals surface area contributed by atoms with E-state index in [0.717, 1.165) is 28.4 Å². The van der Waals surface area contributed by atoms with Crippen LogP contribution in [0.4, 0.5) is 0 Å². The maximum Gasteiger partial charge on any atom is 0.163 e. The second kappa shape index (κ2) is 4.42. The van der Waals surface area contributed by atoms with Crippen molar-refractivity contribution in [3.8, 4) is 11.5 Å². The van der Waals surface area contributed by atoms with Gasteiger partial charge in [-0.05, 0) is 20.8 Å². The lowest BCUT2D eigenvalue weighted by Crippen LogP contribution is -2.16. The van der Waals surface area contributed by atoms with Crippen LogP contribution < -0.4 is 15.2 Å². The number of benzene rings is 1. The normalized spacial score (nSPS) is 16.1. The fourth-order valence-electron chi connectivity index (χ4n) is 2.51. The highest BCUT2D eigenvalue weighted by atomic mass is 16.6. The van der Waals surface area contributed by atoms with E-state index in [2.05, 4.69) is 23.4 Å². The van der Waals surface area contributed by atoms with Gasteiger partial charge < -0.3 is 19.8 Å². The molecule has 5 nitrogen and oxygen atoms in total. The molecule has 0 fully saturated rings. The molecular formula is C14H19N3O2. The van der Waals surface area contributed by atoms with E-state index >= 15 is 0 Å². The first-order valence-corrected chi connectivity index (χ1v) is 6.65. The standard InChI is InChI=1S/C14H19N3O2/c1-8(2)17-11-7-13-12(18-4-5-19-13)6-10(11)16-14(17)9(3)15/h6-9H,4-5,15H2,1-3H3. The van der Waals surface area contributed by atoms with Crippen LogP contribution in [0, 0.1) is 0 Å². The predicted molar refractivity (Wildman–Crippen MR) is 73.7 cm³/mol. The van der Waals surface area contributed by atoms with E-state index in [1.807, 2.05) is 19.1 Å². The molecule has 0 radical (unpaired) electrons. The van der Waals surface area contributed by atoms with Gasteiger partial charge in [0.2, 0.25) is 0 Å². The minimum absolute atomic E-state index is 0.103. The molecule has 19 heavy (non-hydrogen) atoms. The van der Waals surface area contributed by atoms with Gasteiger partial charge in [-0.1, -0.05) is 0 Å². The topological polar surface area (TPSA) is 62.3 Å². The first-order chi connectivity index (χ1) is 9.08. The van der Waals surface area contributed by atoms with Crippen LogP contribution >= 0.6 is 0 Å². The van der Waals surface area contributed by atoms with Crippen LogP contribution in [0.3, 0.4) is 0 Å². The first kappa shape index (κ1) is 12.3. The zero-order chi connectivity index (χ0) is 13.6. The Balaban J connectivity index is 2.26. The molecule has 1 aromatic carbocycles. The van der Waals surface area contributed by atoms with E-state index in [4.69, 9.17) is 15.2 Å². The number of fused-ring (bicyclic) bond motifs is 2. The van der Waals surface area contributed by atoms with Crippen molar-refractivity contribution < 1.29 is 9.47 Å². The van der Waals surface area contributed by atoms with Gasteiger partial charge in [0.25, 0.3) is 0 Å². The minimum atomic E-state index is -0.103. The second-order valence-electron chi connectivity index (χ2n) is 5.21. The molecule has 5 heteroatoms. The maximum atomic E-state index is 6.02. The highest BCUT2D eigenvalue weighted by Gasteiger charge is 2.20. The number of nitrogens with zero attached hydrogens (tertiary/aromatic N) is 2. The lowest BCUT2D eigenvalue weighted by Gasteiger charge is -2.19. The average Bonchev–Trinajstić information content (AvgIpc) is 2.74. The summed E-state index contributed by atoms with van der Waals surface area (Å²) in [6.07, 6.45) is 0. The summed E-state index contributed by atoms with van der Waals surface area (Å²) in [4.78, 5) is 4.64. The van der Waals surface area contributed by atoms with Crippen molar-refractivity contribution in [3.63, 3.8) is 0 Å². The third-order valence-corrected chi connectivity index (χ3v) is 3.30. The molecule has 1 aromatic heterocycles. The van der Waals surface area contributed by atoms with E-state index < -0.39 is 0 Å². The molecule has 1 aliphatic heterocycles. The number of rotatable bonds is 2. The monoisotopic (exact) mass is 261 g/mol. The summed E-state index contributed by atoms with van der Waals surface area (Å²) in [5.74, 6) is 2.45. The van der Waals surface area contributed by atoms with E-state index in [1.165, 1.54) is 0 Å². The molecule has 2 aromatic rings. The van der Waals surface area contributed by atoms with Crippen molar-refractivity contribution in [2.75, 3.05) is 13.2 Å². The molecule has 3 rings (SSSR count). The third kappa shape index (κ3) is 1.94. The average molecular weight is 261 g/mol. The Morgan fingerprint density at radius 1 is 1.16 bits per heavy atom. The Morgan fingerprint density at radius 3 is 2.37 bits per heavy atom. The molecular weight excluding hydrogens is 242 g/mol. The molecule has 0 spiro atoms. The van der Waals surface area contributed by atoms with Gasteiger partial charge >= 0.3 is 0 Å². The summed E-state index contributed by atoms with van der Waals surface area (Å²) in [7, 11) is 0. The van der Waals surface area contributed by atoms with Gasteiger partial charge in [-0.2, -0.15) is 0 Å². The van der Waals surface area contributed by atoms with Gasteiger partial charge in [0, 0.05) is 18.2 Å². The van der Waals surface area contributed by atoms with Crippen LogP contribution in [-0.4, -0.2) is 22.8 Å². The van der Waals surface area contributed by atoms with Crippen molar-refractivity contribution in [1.82, 2.24) is 9.55 Å². The zero-order valence-corrected chi connectivity index (χ0v) is 11.5. The number of hydrogen-bond acceptors (Lipinski definition) is 4. The molecule has 2 heterocycles. The highest BCUT2D eigenvalue weighted by Crippen LogP contribution is 2.36. The highest BCUT2D eigenvalue weighted by molar-refractivity contribution is 5.81. The van der Waals surface area contributed by atoms with E-state index in [1.54, 1.807) is 0 Å². The molecule has 1 unspecified atom stereocenters. The summed E-state index contributed by atoms with van der Waals surface area (Å²) in [5.41, 5.74) is 7.98. The second-order valence-corrected chi connectivity index (χ2v) is 5.21. The van der Waals surface area contributed by atoms with Crippen molar-refractivity contribution >= 4 is 11.0 Å². The van der Waals surface area contributed by atoms with Gasteiger partial charge in [-0.3, -0.25) is 0 Å². The SMILES string of the molecule is CC(N)c1nc2cc3c(cc2n1C(C)C)OCCO3. The van der Waals surface area contributed by atoms with Gasteiger partial charge in [-0.15, -0.1) is 0 Å². The Kier molecular flexibility index (Phi) is 2.86. The smallest absolute Gasteiger partial charge is 0.163 e. The van der Waals surface area contributed by atoms with E-state index in [-0.39, 0.29) is 6.04 Å². The Hall–Kier alpha value is -1.75. The van der Waals surface area contributed by atoms with Gasteiger partial charge in [0.15, 0.2) is 11.5 Å². The molecule has 0 saturated heterocycles. The summed E-state index contributed by atoms with van der Waals surface area (Å²) in [5, 5.41) is 0. The number of ether oxygens (including phenoxy) is 2. The summed E-state index contributed by atoms with van der Waals surface area (Å²) < 4.78 is 13.4. The number of hydrogen-bond donors (Lipinski definition) is 1. The van der Waals surface area contributed by atoms with E-state index in [9.17, 15) is 0 Å². The van der Waals surface area contributed by atoms with Crippen molar-refractivity contribution in [2.45, 2.75) is 32.9 Å². The number of aromatic nitrogens is 2. The molecule has 1 atom stereocenters. The minimum Gasteiger partial charge on any atom is -0.486 e. The maximum absolute atomic E-state index is 6.02. The van der Waals surface area contributed by atoms with Crippen LogP contribution in [0.15, 0.2) is 12.1 Å². The lowest BCUT2D eigenvalue weighted by molar-refractivity contribution is 0.172. The van der Waals surface area contributed by atoms with Crippen LogP contribution in [0.2, 0.25) is 0 Å². The quantitative estimate of drug-likeness (QED) is 0.901. The third-order valence-electron chi connectivity index (χ3n) is 3.30. The molecule has 0 bridgehead atoms. The van der Waals surface area contributed by atoms with Gasteiger partial charge in [0.05, 0.1) is 17.1 Å². The zero-order valence-electron chi connectivity index (χ0n) is 11.5. The van der Waals surface area contributed by atoms with Crippen LogP contribution in [0.5, 0.6) is 11.5 Å². The van der Waals surface area contributed by atoms with Crippen LogP contribution in [0.1, 0.15) is 38.7 Å². The summed E-state index contributed by atoms with van der Waals surface area (Å²) in [6.45, 7) is 7.39. The fourth-order valence-corrected chi connectivity index (χ4v) is 2.51. The predicted octanol–water partition coefficient (Wildman–Crippen LogP) is 2.41. The lowest BCUT2D eigenvalue weighted by atomic mass is 10.2. The Labute approximate surface area is 112 Å². The van der Waals surface area contributed by atoms with Crippen molar-refractivity contribution in [1.29, 1.82) is 0 Å². The van der Waals surface area contributed by atoms with Gasteiger partial charge in [-0.25, -0.2) is 4.98 Å². The first-order valence-electron chi connectivity index (χ1n) is 6.65. The molecule has 0 aliphatic carbocycles. The fraction of sp³-hybridized carbons (Fsp3) is 0.500. The summed E-state index contributed by atoms with van der Waals surface area (Å²) in [6, 6.07) is 4.14. The van der Waals surface area contributed by atoms with Crippen molar-refractivity contribution in [3.05, 3.63) is 18.0 Å². The number of imidazole rings is 1. The molecule has 1 aliphatic rings. The Morgan fingerprint density at radius 2 is 1.79 bits per heavy atom. The van der Waals surface area contributed by atoms with Crippen LogP contribution in [0.25, 0.3) is 11.0 Å². The molecule has 102 valence electrons. The van der Waals surface area contributed by atoms with E-state index in [0.29, 0.717) is 19.3 Å². The Bertz CT molecular complexity index is 617. The van der Waals surface area contributed by atoms with Crippen molar-refractivity contribution in [2.24, 2.45) is 5.73 Å². The van der Waals surface area contributed by atoms with Gasteiger partial charge in [0.1, 0.15) is 19.0 Å². The number of nitrogens with two attached hydrogens (primary N) is 1. The van der Waals surface area contributed by atoms with Crippen LogP contribution in [-0.2, 0) is 0 Å². The molecule has 2 N–H and O–H groups in total. The molecule has 0 saturated carbocycles.